The number of methoxy groups -OCH3 is 2. The van der Waals surface area contributed by atoms with E-state index in [4.69, 9.17) is 18.9 Å². The van der Waals surface area contributed by atoms with Gasteiger partial charge in [-0.15, -0.1) is 13.2 Å². The lowest BCUT2D eigenvalue weighted by Crippen LogP contribution is -2.55. The minimum atomic E-state index is -0.493. The predicted molar refractivity (Wildman–Crippen MR) is 224 cm³/mol. The molecule has 6 saturated heterocycles. The number of aromatic nitrogens is 2. The molecule has 4 bridgehead atoms. The third kappa shape index (κ3) is 8.22. The largest absolute Gasteiger partial charge is 0.497 e. The first-order valence-corrected chi connectivity index (χ1v) is 20.8. The monoisotopic (exact) mass is 788 g/mol. The van der Waals surface area contributed by atoms with E-state index in [0.29, 0.717) is 49.6 Å². The number of carbonyl (C=O) groups excluding carboxylic acids is 2. The first-order valence-electron chi connectivity index (χ1n) is 20.8. The van der Waals surface area contributed by atoms with Crippen LogP contribution in [0.3, 0.4) is 0 Å². The van der Waals surface area contributed by atoms with E-state index in [9.17, 15) is 9.59 Å². The molecule has 0 saturated carbocycles. The fraction of sp³-hybridized carbons (Fsp3) is 0.478. The van der Waals surface area contributed by atoms with E-state index in [0.717, 1.165) is 96.3 Å². The zero-order valence-electron chi connectivity index (χ0n) is 33.7. The number of amides is 2. The van der Waals surface area contributed by atoms with Crippen molar-refractivity contribution in [3.63, 3.8) is 0 Å². The summed E-state index contributed by atoms with van der Waals surface area (Å²) in [6.45, 7) is 12.7. The highest BCUT2D eigenvalue weighted by Crippen LogP contribution is 2.45. The Morgan fingerprint density at radius 2 is 1.17 bits per heavy atom. The van der Waals surface area contributed by atoms with Gasteiger partial charge in [0, 0.05) is 60.5 Å². The van der Waals surface area contributed by atoms with Gasteiger partial charge >= 0.3 is 12.2 Å². The number of hydrogen-bond acceptors (Lipinski definition) is 10. The van der Waals surface area contributed by atoms with Crippen LogP contribution in [-0.4, -0.2) is 97.5 Å². The minimum absolute atomic E-state index is 0.0349. The molecule has 0 radical (unpaired) electrons. The lowest BCUT2D eigenvalue weighted by Gasteiger charge is -2.51. The average molecular weight is 789 g/mol. The first kappa shape index (κ1) is 39.6. The molecule has 6 fully saturated rings. The van der Waals surface area contributed by atoms with Gasteiger partial charge in [0.05, 0.1) is 37.3 Å². The van der Waals surface area contributed by atoms with E-state index in [1.54, 1.807) is 26.6 Å². The van der Waals surface area contributed by atoms with Crippen molar-refractivity contribution < 1.29 is 28.5 Å². The van der Waals surface area contributed by atoms with E-state index in [-0.39, 0.29) is 12.1 Å². The number of nitrogens with one attached hydrogen (secondary N) is 2. The van der Waals surface area contributed by atoms with Gasteiger partial charge in [-0.05, 0) is 124 Å². The summed E-state index contributed by atoms with van der Waals surface area (Å²) < 4.78 is 23.8. The highest BCUT2D eigenvalue weighted by Gasteiger charge is 2.46. The van der Waals surface area contributed by atoms with Crippen LogP contribution in [0.5, 0.6) is 11.5 Å². The van der Waals surface area contributed by atoms with Crippen LogP contribution in [0.25, 0.3) is 21.8 Å². The van der Waals surface area contributed by atoms with Crippen molar-refractivity contribution in [2.75, 3.05) is 53.5 Å². The Morgan fingerprint density at radius 3 is 1.55 bits per heavy atom. The Morgan fingerprint density at radius 1 is 0.724 bits per heavy atom. The molecule has 6 aliphatic heterocycles. The number of fused-ring (bicyclic) bond motifs is 8. The summed E-state index contributed by atoms with van der Waals surface area (Å²) >= 11 is 0. The maximum Gasteiger partial charge on any atom is 0.407 e. The van der Waals surface area contributed by atoms with Gasteiger partial charge in [-0.25, -0.2) is 9.59 Å². The fourth-order valence-corrected chi connectivity index (χ4v) is 10.1. The fourth-order valence-electron chi connectivity index (χ4n) is 10.1. The maximum absolute atomic E-state index is 13.5. The number of piperidine rings is 6. The van der Waals surface area contributed by atoms with Crippen LogP contribution in [0, 0.1) is 23.7 Å². The SMILES string of the molecule is C=C[C@H]1CN2CC[C@H]1C[C@@H]2[C@@H](OC(=O)NCCCCNC(=O)O[C@@H](c1ccnc2ccc(OC)cc12)[C@H]1C[C@@H]2CCN1C[C@@H]2C=C)c1ccnc2ccc(OC)cc12. The summed E-state index contributed by atoms with van der Waals surface area (Å²) in [5, 5.41) is 7.79. The zero-order valence-corrected chi connectivity index (χ0v) is 33.7. The number of pyridine rings is 2. The Kier molecular flexibility index (Phi) is 12.1. The molecule has 2 aromatic heterocycles. The van der Waals surface area contributed by atoms with E-state index >= 15 is 0 Å². The van der Waals surface area contributed by atoms with E-state index in [1.807, 2.05) is 48.5 Å². The van der Waals surface area contributed by atoms with Gasteiger partial charge in [0.2, 0.25) is 0 Å². The van der Waals surface area contributed by atoms with Gasteiger partial charge in [-0.1, -0.05) is 12.2 Å². The van der Waals surface area contributed by atoms with Crippen LogP contribution in [0.1, 0.15) is 61.9 Å². The van der Waals surface area contributed by atoms with Crippen molar-refractivity contribution in [3.8, 4) is 11.5 Å². The zero-order chi connectivity index (χ0) is 40.2. The predicted octanol–water partition coefficient (Wildman–Crippen LogP) is 7.61. The van der Waals surface area contributed by atoms with Crippen molar-refractivity contribution in [1.82, 2.24) is 30.4 Å². The third-order valence-corrected chi connectivity index (χ3v) is 13.2. The molecule has 10 rings (SSSR count). The standard InChI is InChI=1S/C46H56N6O6/c1-5-29-27-51-21-15-31(29)23-41(51)43(35-13-19-47-39-11-9-33(55-3)25-37(35)39)57-45(53)49-17-7-8-18-50-46(54)58-44(42-24-32-16-22-52(42)28-30(32)6-2)36-14-20-48-40-12-10-34(56-4)26-38(36)40/h5-6,9-14,19-20,25-26,29-32,41-44H,1-2,7-8,15-18,21-24,27-28H2,3-4H3,(H,49,53)(H,50,54)/t29-,30-,31-,32-,41+,42+,43-,44-/m0/s1. The molecule has 12 nitrogen and oxygen atoms in total. The highest BCUT2D eigenvalue weighted by molar-refractivity contribution is 5.85. The molecule has 6 aliphatic rings. The lowest BCUT2D eigenvalue weighted by atomic mass is 9.73. The third-order valence-electron chi connectivity index (χ3n) is 13.2. The van der Waals surface area contributed by atoms with Crippen LogP contribution in [0.4, 0.5) is 9.59 Å². The van der Waals surface area contributed by atoms with Crippen molar-refractivity contribution in [2.24, 2.45) is 23.7 Å². The van der Waals surface area contributed by atoms with E-state index < -0.39 is 24.4 Å². The molecule has 2 unspecified atom stereocenters. The summed E-state index contributed by atoms with van der Waals surface area (Å²) in [6, 6.07) is 15.6. The second-order valence-corrected chi connectivity index (χ2v) is 16.3. The molecule has 10 atom stereocenters. The summed E-state index contributed by atoms with van der Waals surface area (Å²) in [6.07, 6.45) is 11.2. The number of nitrogens with zero attached hydrogens (tertiary/aromatic N) is 4. The average Bonchev–Trinajstić information content (AvgIpc) is 3.27. The van der Waals surface area contributed by atoms with Crippen LogP contribution in [0.15, 0.2) is 86.2 Å². The summed E-state index contributed by atoms with van der Waals surface area (Å²) in [5.41, 5.74) is 3.49. The summed E-state index contributed by atoms with van der Waals surface area (Å²) in [5.74, 6) is 3.34. The highest BCUT2D eigenvalue weighted by atomic mass is 16.6. The van der Waals surface area contributed by atoms with Crippen molar-refractivity contribution >= 4 is 34.0 Å². The normalized spacial score (nSPS) is 27.0. The molecule has 2 N–H and O–H groups in total. The maximum atomic E-state index is 13.5. The summed E-state index contributed by atoms with van der Waals surface area (Å²) in [4.78, 5) is 41.1. The molecular formula is C46H56N6O6. The van der Waals surface area contributed by atoms with Crippen LogP contribution in [0.2, 0.25) is 0 Å². The van der Waals surface area contributed by atoms with Crippen molar-refractivity contribution in [2.45, 2.75) is 62.8 Å². The van der Waals surface area contributed by atoms with Gasteiger partial charge in [-0.2, -0.15) is 0 Å². The second kappa shape index (κ2) is 17.7. The Balaban J connectivity index is 0.890. The summed E-state index contributed by atoms with van der Waals surface area (Å²) in [7, 11) is 3.29. The molecule has 58 heavy (non-hydrogen) atoms. The van der Waals surface area contributed by atoms with Crippen molar-refractivity contribution in [3.05, 3.63) is 97.4 Å². The Bertz CT molecular complexity index is 1980. The van der Waals surface area contributed by atoms with Crippen LogP contribution in [-0.2, 0) is 9.47 Å². The smallest absolute Gasteiger partial charge is 0.407 e. The number of benzene rings is 2. The van der Waals surface area contributed by atoms with Crippen LogP contribution < -0.4 is 20.1 Å². The number of ether oxygens (including phenoxy) is 4. The Hall–Kier alpha value is -5.20. The number of alkyl carbamates (subject to hydrolysis) is 2. The molecule has 8 heterocycles. The van der Waals surface area contributed by atoms with E-state index in [2.05, 4.69) is 55.7 Å². The molecule has 4 aromatic rings. The van der Waals surface area contributed by atoms with Crippen molar-refractivity contribution in [1.29, 1.82) is 0 Å². The molecule has 306 valence electrons. The minimum Gasteiger partial charge on any atom is -0.497 e. The van der Waals surface area contributed by atoms with E-state index in [1.165, 1.54) is 0 Å². The van der Waals surface area contributed by atoms with Gasteiger partial charge in [0.25, 0.3) is 0 Å². The van der Waals surface area contributed by atoms with Gasteiger partial charge in [0.1, 0.15) is 23.7 Å². The number of rotatable bonds is 15. The lowest BCUT2D eigenvalue weighted by molar-refractivity contribution is -0.0500. The second-order valence-electron chi connectivity index (χ2n) is 16.3. The number of hydrogen-bond donors (Lipinski definition) is 2. The molecule has 0 spiro atoms. The number of carbonyl (C=O) groups is 2. The quantitative estimate of drug-likeness (QED) is 0.0919. The molecule has 0 aliphatic carbocycles. The molecule has 2 amide bonds. The molecular weight excluding hydrogens is 733 g/mol. The van der Waals surface area contributed by atoms with Gasteiger partial charge < -0.3 is 29.6 Å². The van der Waals surface area contributed by atoms with Gasteiger partial charge in [-0.3, -0.25) is 19.8 Å². The molecule has 2 aromatic carbocycles. The molecule has 12 heteroatoms. The number of unbranched alkanes of at least 4 members (excludes halogenated alkanes) is 1. The topological polar surface area (TPSA) is 127 Å². The van der Waals surface area contributed by atoms with Crippen LogP contribution >= 0.6 is 0 Å². The van der Waals surface area contributed by atoms with Gasteiger partial charge in [0.15, 0.2) is 0 Å². The Labute approximate surface area is 341 Å². The first-order chi connectivity index (χ1) is 28.4.